The molecule has 0 bridgehead atoms. The highest BCUT2D eigenvalue weighted by Gasteiger charge is 2.15. The van der Waals surface area contributed by atoms with Crippen LogP contribution in [0.4, 0.5) is 4.39 Å². The van der Waals surface area contributed by atoms with E-state index in [0.717, 1.165) is 18.7 Å². The lowest BCUT2D eigenvalue weighted by atomic mass is 10.2. The Kier molecular flexibility index (Phi) is 5.58. The van der Waals surface area contributed by atoms with Crippen molar-refractivity contribution in [3.8, 4) is 0 Å². The van der Waals surface area contributed by atoms with Crippen molar-refractivity contribution >= 4 is 11.6 Å². The predicted octanol–water partition coefficient (Wildman–Crippen LogP) is 2.03. The number of aliphatic hydroxyl groups excluding tert-OH is 1. The highest BCUT2D eigenvalue weighted by molar-refractivity contribution is 6.31. The third-order valence-corrected chi connectivity index (χ3v) is 3.73. The Hall–Kier alpha value is -0.680. The van der Waals surface area contributed by atoms with Gasteiger partial charge in [-0.15, -0.1) is 0 Å². The molecular formula is C14H20ClFN2O. The van der Waals surface area contributed by atoms with E-state index in [-0.39, 0.29) is 11.9 Å². The molecule has 1 unspecified atom stereocenters. The van der Waals surface area contributed by atoms with Gasteiger partial charge in [-0.1, -0.05) is 17.7 Å². The second kappa shape index (κ2) is 7.20. The molecule has 2 N–H and O–H groups in total. The Bertz CT molecular complexity index is 410. The molecule has 0 amide bonds. The molecule has 1 aliphatic rings. The number of likely N-dealkylation sites (tertiary alicyclic amines) is 1. The first-order chi connectivity index (χ1) is 9.15. The van der Waals surface area contributed by atoms with Gasteiger partial charge in [0.1, 0.15) is 5.82 Å². The lowest BCUT2D eigenvalue weighted by molar-refractivity contribution is 0.123. The normalized spacial score (nSPS) is 17.8. The van der Waals surface area contributed by atoms with Crippen LogP contribution in [0.2, 0.25) is 5.02 Å². The van der Waals surface area contributed by atoms with Gasteiger partial charge in [-0.25, -0.2) is 4.39 Å². The Morgan fingerprint density at radius 1 is 1.37 bits per heavy atom. The first-order valence-electron chi connectivity index (χ1n) is 6.70. The van der Waals surface area contributed by atoms with E-state index in [1.54, 1.807) is 6.07 Å². The van der Waals surface area contributed by atoms with Crippen molar-refractivity contribution in [2.24, 2.45) is 0 Å². The predicted molar refractivity (Wildman–Crippen MR) is 74.8 cm³/mol. The highest BCUT2D eigenvalue weighted by atomic mass is 35.5. The SMILES string of the molecule is OC(CNCc1ccc(F)cc1Cl)CN1CCCC1. The summed E-state index contributed by atoms with van der Waals surface area (Å²) < 4.78 is 12.9. The van der Waals surface area contributed by atoms with Gasteiger partial charge >= 0.3 is 0 Å². The van der Waals surface area contributed by atoms with Gasteiger partial charge in [-0.3, -0.25) is 0 Å². The van der Waals surface area contributed by atoms with Gasteiger partial charge in [-0.05, 0) is 43.6 Å². The summed E-state index contributed by atoms with van der Waals surface area (Å²) >= 11 is 5.93. The average molecular weight is 287 g/mol. The minimum absolute atomic E-state index is 0.331. The summed E-state index contributed by atoms with van der Waals surface area (Å²) in [6.07, 6.45) is 2.08. The van der Waals surface area contributed by atoms with E-state index in [9.17, 15) is 9.50 Å². The van der Waals surface area contributed by atoms with Crippen molar-refractivity contribution in [2.75, 3.05) is 26.2 Å². The molecule has 1 fully saturated rings. The van der Waals surface area contributed by atoms with E-state index < -0.39 is 0 Å². The van der Waals surface area contributed by atoms with E-state index in [1.165, 1.54) is 25.0 Å². The quantitative estimate of drug-likeness (QED) is 0.840. The van der Waals surface area contributed by atoms with Crippen molar-refractivity contribution in [3.05, 3.63) is 34.6 Å². The zero-order valence-electron chi connectivity index (χ0n) is 10.9. The number of β-amino-alcohol motifs (C(OH)–C–C–N with tert-alkyl or cyclic N) is 1. The number of aliphatic hydroxyl groups is 1. The zero-order valence-corrected chi connectivity index (χ0v) is 11.7. The fourth-order valence-corrected chi connectivity index (χ4v) is 2.60. The molecule has 0 radical (unpaired) electrons. The Morgan fingerprint density at radius 2 is 2.11 bits per heavy atom. The summed E-state index contributed by atoms with van der Waals surface area (Å²) in [6.45, 7) is 3.94. The second-order valence-corrected chi connectivity index (χ2v) is 5.44. The summed E-state index contributed by atoms with van der Waals surface area (Å²) in [6, 6.07) is 4.36. The Balaban J connectivity index is 1.70. The molecule has 1 atom stereocenters. The fraction of sp³-hybridized carbons (Fsp3) is 0.571. The van der Waals surface area contributed by atoms with Crippen LogP contribution in [0.5, 0.6) is 0 Å². The molecule has 106 valence electrons. The Morgan fingerprint density at radius 3 is 2.79 bits per heavy atom. The van der Waals surface area contributed by atoms with Crippen LogP contribution < -0.4 is 5.32 Å². The second-order valence-electron chi connectivity index (χ2n) is 5.03. The maximum Gasteiger partial charge on any atom is 0.124 e. The molecule has 0 aromatic heterocycles. The standard InChI is InChI=1S/C14H20ClFN2O/c15-14-7-12(16)4-3-11(14)8-17-9-13(19)10-18-5-1-2-6-18/h3-4,7,13,17,19H,1-2,5-6,8-10H2. The monoisotopic (exact) mass is 286 g/mol. The highest BCUT2D eigenvalue weighted by Crippen LogP contribution is 2.16. The molecule has 0 saturated carbocycles. The number of nitrogens with zero attached hydrogens (tertiary/aromatic N) is 1. The molecular weight excluding hydrogens is 267 g/mol. The number of benzene rings is 1. The summed E-state index contributed by atoms with van der Waals surface area (Å²) in [5, 5.41) is 13.5. The molecule has 0 spiro atoms. The number of hydrogen-bond donors (Lipinski definition) is 2. The van der Waals surface area contributed by atoms with Gasteiger partial charge < -0.3 is 15.3 Å². The van der Waals surface area contributed by atoms with Crippen molar-refractivity contribution in [1.82, 2.24) is 10.2 Å². The zero-order chi connectivity index (χ0) is 13.7. The first-order valence-corrected chi connectivity index (χ1v) is 7.08. The van der Waals surface area contributed by atoms with E-state index in [2.05, 4.69) is 10.2 Å². The van der Waals surface area contributed by atoms with Gasteiger partial charge in [0.15, 0.2) is 0 Å². The van der Waals surface area contributed by atoms with E-state index in [4.69, 9.17) is 11.6 Å². The van der Waals surface area contributed by atoms with Crippen molar-refractivity contribution in [1.29, 1.82) is 0 Å². The summed E-state index contributed by atoms with van der Waals surface area (Å²) in [5.41, 5.74) is 0.844. The number of rotatable bonds is 6. The van der Waals surface area contributed by atoms with Crippen LogP contribution in [0.25, 0.3) is 0 Å². The van der Waals surface area contributed by atoms with Gasteiger partial charge in [0.2, 0.25) is 0 Å². The number of hydrogen-bond acceptors (Lipinski definition) is 3. The maximum absolute atomic E-state index is 12.9. The maximum atomic E-state index is 12.9. The molecule has 1 aromatic rings. The van der Waals surface area contributed by atoms with Gasteiger partial charge in [0.25, 0.3) is 0 Å². The fourth-order valence-electron chi connectivity index (χ4n) is 2.37. The average Bonchev–Trinajstić information content (AvgIpc) is 2.84. The van der Waals surface area contributed by atoms with Crippen LogP contribution in [0.3, 0.4) is 0 Å². The van der Waals surface area contributed by atoms with Crippen LogP contribution in [-0.4, -0.2) is 42.3 Å². The molecule has 2 rings (SSSR count). The van der Waals surface area contributed by atoms with Gasteiger partial charge in [0, 0.05) is 24.7 Å². The molecule has 1 heterocycles. The summed E-state index contributed by atoms with van der Waals surface area (Å²) in [7, 11) is 0. The topological polar surface area (TPSA) is 35.5 Å². The Labute approximate surface area is 118 Å². The van der Waals surface area contributed by atoms with Gasteiger partial charge in [0.05, 0.1) is 6.10 Å². The minimum Gasteiger partial charge on any atom is -0.390 e. The molecule has 1 aliphatic heterocycles. The number of nitrogens with one attached hydrogen (secondary N) is 1. The van der Waals surface area contributed by atoms with Crippen LogP contribution >= 0.6 is 11.6 Å². The molecule has 0 aliphatic carbocycles. The molecule has 3 nitrogen and oxygen atoms in total. The van der Waals surface area contributed by atoms with Gasteiger partial charge in [-0.2, -0.15) is 0 Å². The lowest BCUT2D eigenvalue weighted by Crippen LogP contribution is -2.36. The minimum atomic E-state index is -0.377. The first kappa shape index (κ1) is 14.7. The molecule has 5 heteroatoms. The third kappa shape index (κ3) is 4.73. The van der Waals surface area contributed by atoms with Crippen molar-refractivity contribution in [3.63, 3.8) is 0 Å². The van der Waals surface area contributed by atoms with Crippen LogP contribution in [0.15, 0.2) is 18.2 Å². The smallest absolute Gasteiger partial charge is 0.124 e. The third-order valence-electron chi connectivity index (χ3n) is 3.38. The van der Waals surface area contributed by atoms with Crippen LogP contribution in [0.1, 0.15) is 18.4 Å². The van der Waals surface area contributed by atoms with E-state index in [0.29, 0.717) is 24.7 Å². The van der Waals surface area contributed by atoms with E-state index >= 15 is 0 Å². The van der Waals surface area contributed by atoms with Crippen LogP contribution in [0, 0.1) is 5.82 Å². The van der Waals surface area contributed by atoms with Crippen molar-refractivity contribution < 1.29 is 9.50 Å². The molecule has 1 saturated heterocycles. The number of halogens is 2. The van der Waals surface area contributed by atoms with Crippen LogP contribution in [-0.2, 0) is 6.54 Å². The van der Waals surface area contributed by atoms with Crippen molar-refractivity contribution in [2.45, 2.75) is 25.5 Å². The lowest BCUT2D eigenvalue weighted by Gasteiger charge is -2.19. The molecule has 19 heavy (non-hydrogen) atoms. The summed E-state index contributed by atoms with van der Waals surface area (Å²) in [5.74, 6) is -0.331. The largest absolute Gasteiger partial charge is 0.390 e. The van der Waals surface area contributed by atoms with E-state index in [1.807, 2.05) is 0 Å². The molecule has 1 aromatic carbocycles. The summed E-state index contributed by atoms with van der Waals surface area (Å²) in [4.78, 5) is 2.28.